The summed E-state index contributed by atoms with van der Waals surface area (Å²) in [5, 5.41) is 15.6. The molecule has 1 aliphatic rings. The van der Waals surface area contributed by atoms with Crippen molar-refractivity contribution in [2.45, 2.75) is 38.6 Å². The van der Waals surface area contributed by atoms with Crippen molar-refractivity contribution < 1.29 is 19.5 Å². The van der Waals surface area contributed by atoms with E-state index in [4.69, 9.17) is 22.4 Å². The van der Waals surface area contributed by atoms with E-state index in [9.17, 15) is 14.4 Å². The van der Waals surface area contributed by atoms with Gasteiger partial charge in [0.05, 0.1) is 16.1 Å². The third-order valence-corrected chi connectivity index (χ3v) is 6.62. The number of halogens is 1. The summed E-state index contributed by atoms with van der Waals surface area (Å²) in [5.74, 6) is -0.313. The second-order valence-corrected chi connectivity index (χ2v) is 9.12. The largest absolute Gasteiger partial charge is 0.465 e. The lowest BCUT2D eigenvalue weighted by Gasteiger charge is -2.22. The topological polar surface area (TPSA) is 126 Å². The van der Waals surface area contributed by atoms with Crippen LogP contribution < -0.4 is 16.4 Å². The maximum Gasteiger partial charge on any atom is 0.409 e. The standard InChI is InChI=1S/C25H27ClN4O4/c26-20-10-16(6-9-19(20)23(27)31)14-30-21-12-18(29-25(33)34)8-7-17(21)11-22(30)24(32)28-13-15-4-2-1-3-5-15/h6-12,15,29H,1-5,13-14H2,(H2,27,31)(H,28,32)(H,33,34). The highest BCUT2D eigenvalue weighted by molar-refractivity contribution is 6.33. The Morgan fingerprint density at radius 3 is 2.50 bits per heavy atom. The molecule has 1 fully saturated rings. The SMILES string of the molecule is NC(=O)c1ccc(Cn2c(C(=O)NCC3CCCCC3)cc3ccc(NC(=O)O)cc32)cc1Cl. The second-order valence-electron chi connectivity index (χ2n) is 8.71. The Hall–Kier alpha value is -3.52. The molecule has 0 bridgehead atoms. The fraction of sp³-hybridized carbons (Fsp3) is 0.320. The Labute approximate surface area is 202 Å². The van der Waals surface area contributed by atoms with Crippen LogP contribution in [-0.4, -0.2) is 34.1 Å². The van der Waals surface area contributed by atoms with Crippen molar-refractivity contribution in [1.82, 2.24) is 9.88 Å². The van der Waals surface area contributed by atoms with Gasteiger partial charge in [-0.25, -0.2) is 4.79 Å². The van der Waals surface area contributed by atoms with Gasteiger partial charge in [-0.2, -0.15) is 0 Å². The lowest BCUT2D eigenvalue weighted by Crippen LogP contribution is -2.31. The van der Waals surface area contributed by atoms with Crippen molar-refractivity contribution >= 4 is 46.1 Å². The van der Waals surface area contributed by atoms with E-state index in [0.29, 0.717) is 35.9 Å². The molecule has 5 N–H and O–H groups in total. The molecule has 0 spiro atoms. The molecule has 3 aromatic rings. The molecule has 178 valence electrons. The molecule has 34 heavy (non-hydrogen) atoms. The molecule has 0 unspecified atom stereocenters. The number of nitrogens with one attached hydrogen (secondary N) is 2. The van der Waals surface area contributed by atoms with Crippen LogP contribution in [0.3, 0.4) is 0 Å². The number of carboxylic acid groups (broad SMARTS) is 1. The zero-order valence-electron chi connectivity index (χ0n) is 18.6. The van der Waals surface area contributed by atoms with Crippen molar-refractivity contribution in [1.29, 1.82) is 0 Å². The fourth-order valence-corrected chi connectivity index (χ4v) is 4.87. The molecule has 3 amide bonds. The van der Waals surface area contributed by atoms with Crippen LogP contribution in [0.25, 0.3) is 10.9 Å². The Balaban J connectivity index is 1.68. The quantitative estimate of drug-likeness (QED) is 0.384. The first-order valence-electron chi connectivity index (χ1n) is 11.3. The van der Waals surface area contributed by atoms with Crippen LogP contribution in [0.15, 0.2) is 42.5 Å². The lowest BCUT2D eigenvalue weighted by atomic mass is 9.89. The molecule has 4 rings (SSSR count). The zero-order valence-corrected chi connectivity index (χ0v) is 19.4. The second kappa shape index (κ2) is 10.2. The molecule has 0 saturated heterocycles. The molecular formula is C25H27ClN4O4. The summed E-state index contributed by atoms with van der Waals surface area (Å²) in [6.45, 7) is 0.927. The normalized spacial score (nSPS) is 14.1. The number of rotatable bonds is 7. The minimum atomic E-state index is -1.17. The number of amides is 3. The van der Waals surface area contributed by atoms with Gasteiger partial charge in [0.15, 0.2) is 0 Å². The van der Waals surface area contributed by atoms with Gasteiger partial charge in [0.1, 0.15) is 5.69 Å². The van der Waals surface area contributed by atoms with Gasteiger partial charge in [0, 0.05) is 24.2 Å². The van der Waals surface area contributed by atoms with Gasteiger partial charge in [0.25, 0.3) is 5.91 Å². The molecule has 1 aromatic heterocycles. The van der Waals surface area contributed by atoms with E-state index in [1.807, 2.05) is 4.57 Å². The minimum absolute atomic E-state index is 0.186. The smallest absolute Gasteiger partial charge is 0.409 e. The first kappa shape index (κ1) is 23.6. The first-order valence-corrected chi connectivity index (χ1v) is 11.7. The van der Waals surface area contributed by atoms with Crippen LogP contribution in [0.1, 0.15) is 58.5 Å². The van der Waals surface area contributed by atoms with Gasteiger partial charge in [-0.1, -0.05) is 43.0 Å². The van der Waals surface area contributed by atoms with E-state index < -0.39 is 12.0 Å². The summed E-state index contributed by atoms with van der Waals surface area (Å²) in [4.78, 5) is 35.9. The average Bonchev–Trinajstić information content (AvgIpc) is 3.15. The Morgan fingerprint density at radius 1 is 1.06 bits per heavy atom. The van der Waals surface area contributed by atoms with Crippen LogP contribution in [0, 0.1) is 5.92 Å². The van der Waals surface area contributed by atoms with Crippen LogP contribution in [0.5, 0.6) is 0 Å². The molecule has 8 nitrogen and oxygen atoms in total. The number of primary amides is 1. The molecular weight excluding hydrogens is 456 g/mol. The fourth-order valence-electron chi connectivity index (χ4n) is 4.57. The number of hydrogen-bond donors (Lipinski definition) is 4. The van der Waals surface area contributed by atoms with Gasteiger partial charge < -0.3 is 20.7 Å². The number of anilines is 1. The first-order chi connectivity index (χ1) is 16.3. The summed E-state index contributed by atoms with van der Waals surface area (Å²) in [7, 11) is 0. The number of nitrogens with zero attached hydrogens (tertiary/aromatic N) is 1. The average molecular weight is 483 g/mol. The molecule has 1 aliphatic carbocycles. The Kier molecular flexibility index (Phi) is 7.07. The highest BCUT2D eigenvalue weighted by Crippen LogP contribution is 2.27. The molecule has 2 aromatic carbocycles. The Morgan fingerprint density at radius 2 is 1.82 bits per heavy atom. The lowest BCUT2D eigenvalue weighted by molar-refractivity contribution is 0.0934. The van der Waals surface area contributed by atoms with Crippen LogP contribution in [0.2, 0.25) is 5.02 Å². The number of benzene rings is 2. The van der Waals surface area contributed by atoms with Gasteiger partial charge in [-0.3, -0.25) is 14.9 Å². The van der Waals surface area contributed by atoms with Crippen molar-refractivity contribution in [3.05, 3.63) is 64.3 Å². The summed E-state index contributed by atoms with van der Waals surface area (Å²) in [5.41, 5.74) is 7.91. The maximum absolute atomic E-state index is 13.2. The van der Waals surface area contributed by atoms with E-state index in [1.165, 1.54) is 19.3 Å². The molecule has 9 heteroatoms. The number of fused-ring (bicyclic) bond motifs is 1. The molecule has 0 aliphatic heterocycles. The van der Waals surface area contributed by atoms with E-state index in [2.05, 4.69) is 10.6 Å². The van der Waals surface area contributed by atoms with Gasteiger partial charge in [-0.15, -0.1) is 0 Å². The van der Waals surface area contributed by atoms with Crippen LogP contribution >= 0.6 is 11.6 Å². The van der Waals surface area contributed by atoms with E-state index >= 15 is 0 Å². The van der Waals surface area contributed by atoms with Crippen LogP contribution in [-0.2, 0) is 6.54 Å². The molecule has 1 heterocycles. The number of aromatic nitrogens is 1. The minimum Gasteiger partial charge on any atom is -0.465 e. The number of carbonyl (C=O) groups excluding carboxylic acids is 2. The molecule has 0 radical (unpaired) electrons. The monoisotopic (exact) mass is 482 g/mol. The van der Waals surface area contributed by atoms with Crippen LogP contribution in [0.4, 0.5) is 10.5 Å². The summed E-state index contributed by atoms with van der Waals surface area (Å²) >= 11 is 6.24. The highest BCUT2D eigenvalue weighted by atomic mass is 35.5. The maximum atomic E-state index is 13.2. The molecule has 0 atom stereocenters. The van der Waals surface area contributed by atoms with E-state index in [0.717, 1.165) is 23.8 Å². The third-order valence-electron chi connectivity index (χ3n) is 6.30. The third kappa shape index (κ3) is 5.34. The zero-order chi connectivity index (χ0) is 24.2. The number of hydrogen-bond acceptors (Lipinski definition) is 3. The van der Waals surface area contributed by atoms with Gasteiger partial charge >= 0.3 is 6.09 Å². The van der Waals surface area contributed by atoms with Crippen molar-refractivity contribution in [2.75, 3.05) is 11.9 Å². The van der Waals surface area contributed by atoms with Crippen molar-refractivity contribution in [2.24, 2.45) is 11.7 Å². The highest BCUT2D eigenvalue weighted by Gasteiger charge is 2.20. The van der Waals surface area contributed by atoms with E-state index in [-0.39, 0.29) is 16.5 Å². The summed E-state index contributed by atoms with van der Waals surface area (Å²) in [6, 6.07) is 11.9. The number of nitrogens with two attached hydrogens (primary N) is 1. The predicted molar refractivity (Wildman–Crippen MR) is 132 cm³/mol. The van der Waals surface area contributed by atoms with Crippen molar-refractivity contribution in [3.8, 4) is 0 Å². The van der Waals surface area contributed by atoms with Crippen molar-refractivity contribution in [3.63, 3.8) is 0 Å². The molecule has 1 saturated carbocycles. The predicted octanol–water partition coefficient (Wildman–Crippen LogP) is 4.84. The van der Waals surface area contributed by atoms with Gasteiger partial charge in [0.2, 0.25) is 5.91 Å². The Bertz CT molecular complexity index is 1250. The van der Waals surface area contributed by atoms with E-state index in [1.54, 1.807) is 42.5 Å². The summed E-state index contributed by atoms with van der Waals surface area (Å²) in [6.07, 6.45) is 4.72. The van der Waals surface area contributed by atoms with Gasteiger partial charge in [-0.05, 0) is 54.7 Å². The number of carbonyl (C=O) groups is 3. The summed E-state index contributed by atoms with van der Waals surface area (Å²) < 4.78 is 1.83.